The Bertz CT molecular complexity index is 940. The molecular weight excluding hydrogens is 368 g/mol. The number of carboxylic acids is 1. The number of benzene rings is 2. The molecule has 3 rings (SSSR count). The number of halogens is 1. The number of rotatable bonds is 8. The zero-order valence-electron chi connectivity index (χ0n) is 14.4. The number of amides is 1. The Kier molecular flexibility index (Phi) is 5.98. The van der Waals surface area contributed by atoms with E-state index in [4.69, 9.17) is 16.3 Å². The molecule has 27 heavy (non-hydrogen) atoms. The summed E-state index contributed by atoms with van der Waals surface area (Å²) in [6.07, 6.45) is 1.90. The van der Waals surface area contributed by atoms with Crippen LogP contribution in [-0.4, -0.2) is 33.9 Å². The Morgan fingerprint density at radius 1 is 1.19 bits per heavy atom. The van der Waals surface area contributed by atoms with Crippen molar-refractivity contribution < 1.29 is 19.4 Å². The summed E-state index contributed by atoms with van der Waals surface area (Å²) < 4.78 is 5.81. The Labute approximate surface area is 161 Å². The molecule has 140 valence electrons. The van der Waals surface area contributed by atoms with E-state index in [-0.39, 0.29) is 12.3 Å². The highest BCUT2D eigenvalue weighted by atomic mass is 35.5. The number of aliphatic carboxylic acids is 1. The third-order valence-corrected chi connectivity index (χ3v) is 4.41. The summed E-state index contributed by atoms with van der Waals surface area (Å²) in [4.78, 5) is 25.9. The summed E-state index contributed by atoms with van der Waals surface area (Å²) in [5, 5.41) is 12.6. The number of aromatic amines is 1. The third-order valence-electron chi connectivity index (χ3n) is 4.17. The zero-order valence-corrected chi connectivity index (χ0v) is 15.2. The maximum atomic E-state index is 11.4. The maximum absolute atomic E-state index is 11.4. The molecule has 0 radical (unpaired) electrons. The molecule has 6 nitrogen and oxygen atoms in total. The van der Waals surface area contributed by atoms with Crippen LogP contribution in [0.2, 0.25) is 0 Å². The van der Waals surface area contributed by atoms with Crippen molar-refractivity contribution in [3.05, 3.63) is 65.9 Å². The molecule has 0 bridgehead atoms. The van der Waals surface area contributed by atoms with Gasteiger partial charge in [-0.15, -0.1) is 11.6 Å². The number of ether oxygens (including phenoxy) is 1. The molecule has 0 aliphatic heterocycles. The monoisotopic (exact) mass is 386 g/mol. The van der Waals surface area contributed by atoms with Crippen LogP contribution in [0.4, 0.5) is 0 Å². The van der Waals surface area contributed by atoms with Crippen molar-refractivity contribution in [1.82, 2.24) is 10.3 Å². The fourth-order valence-corrected chi connectivity index (χ4v) is 2.90. The second-order valence-corrected chi connectivity index (χ2v) is 6.36. The van der Waals surface area contributed by atoms with Gasteiger partial charge in [0, 0.05) is 29.6 Å². The Morgan fingerprint density at radius 2 is 1.96 bits per heavy atom. The molecule has 2 aromatic carbocycles. The van der Waals surface area contributed by atoms with Crippen molar-refractivity contribution in [2.24, 2.45) is 0 Å². The number of carbonyl (C=O) groups is 2. The number of carbonyl (C=O) groups excluding carboxylic acids is 1. The van der Waals surface area contributed by atoms with E-state index < -0.39 is 17.9 Å². The maximum Gasteiger partial charge on any atom is 0.326 e. The number of hydrogen-bond acceptors (Lipinski definition) is 3. The molecule has 3 N–H and O–H groups in total. The van der Waals surface area contributed by atoms with E-state index in [2.05, 4.69) is 10.3 Å². The van der Waals surface area contributed by atoms with Gasteiger partial charge in [-0.1, -0.05) is 30.3 Å². The first-order chi connectivity index (χ1) is 13.1. The van der Waals surface area contributed by atoms with Gasteiger partial charge < -0.3 is 20.1 Å². The van der Waals surface area contributed by atoms with Gasteiger partial charge in [0.1, 0.15) is 24.3 Å². The van der Waals surface area contributed by atoms with E-state index in [9.17, 15) is 14.7 Å². The van der Waals surface area contributed by atoms with E-state index in [1.165, 1.54) is 0 Å². The van der Waals surface area contributed by atoms with Gasteiger partial charge in [-0.05, 0) is 23.3 Å². The van der Waals surface area contributed by atoms with Crippen molar-refractivity contribution in [2.45, 2.75) is 19.1 Å². The molecule has 0 saturated heterocycles. The van der Waals surface area contributed by atoms with Gasteiger partial charge in [0.2, 0.25) is 5.91 Å². The molecule has 1 heterocycles. The van der Waals surface area contributed by atoms with Gasteiger partial charge in [0.15, 0.2) is 0 Å². The topological polar surface area (TPSA) is 91.4 Å². The summed E-state index contributed by atoms with van der Waals surface area (Å²) >= 11 is 5.44. The number of aromatic nitrogens is 1. The summed E-state index contributed by atoms with van der Waals surface area (Å²) in [5.74, 6) is -1.18. The predicted octanol–water partition coefficient (Wildman–Crippen LogP) is 3.10. The van der Waals surface area contributed by atoms with Gasteiger partial charge in [-0.3, -0.25) is 4.79 Å². The van der Waals surface area contributed by atoms with Gasteiger partial charge in [-0.2, -0.15) is 0 Å². The summed E-state index contributed by atoms with van der Waals surface area (Å²) in [5.41, 5.74) is 2.70. The van der Waals surface area contributed by atoms with Crippen molar-refractivity contribution in [1.29, 1.82) is 0 Å². The molecule has 0 spiro atoms. The lowest BCUT2D eigenvalue weighted by Gasteiger charge is -2.13. The number of H-pyrrole nitrogens is 1. The fraction of sp³-hybridized carbons (Fsp3) is 0.200. The first-order valence-electron chi connectivity index (χ1n) is 8.41. The highest BCUT2D eigenvalue weighted by molar-refractivity contribution is 6.27. The van der Waals surface area contributed by atoms with Gasteiger partial charge in [-0.25, -0.2) is 4.79 Å². The molecule has 0 aliphatic rings. The minimum absolute atomic E-state index is 0.155. The number of fused-ring (bicyclic) bond motifs is 1. The molecule has 0 fully saturated rings. The molecule has 1 amide bonds. The molecule has 7 heteroatoms. The van der Waals surface area contributed by atoms with Crippen LogP contribution in [-0.2, 0) is 22.6 Å². The molecular formula is C20H19ClN2O4. The van der Waals surface area contributed by atoms with Crippen LogP contribution in [0.15, 0.2) is 54.7 Å². The van der Waals surface area contributed by atoms with Gasteiger partial charge >= 0.3 is 5.97 Å². The van der Waals surface area contributed by atoms with Crippen molar-refractivity contribution >= 4 is 34.4 Å². The second-order valence-electron chi connectivity index (χ2n) is 6.09. The summed E-state index contributed by atoms with van der Waals surface area (Å²) in [6, 6.07) is 14.4. The molecule has 0 aliphatic carbocycles. The average molecular weight is 387 g/mol. The number of alkyl halides is 1. The largest absolute Gasteiger partial charge is 0.489 e. The Balaban J connectivity index is 1.72. The smallest absolute Gasteiger partial charge is 0.326 e. The van der Waals surface area contributed by atoms with Crippen LogP contribution >= 0.6 is 11.6 Å². The van der Waals surface area contributed by atoms with Gasteiger partial charge in [0.25, 0.3) is 0 Å². The number of carboxylic acid groups (broad SMARTS) is 1. The lowest BCUT2D eigenvalue weighted by molar-refractivity contribution is -0.141. The lowest BCUT2D eigenvalue weighted by atomic mass is 10.0. The van der Waals surface area contributed by atoms with Gasteiger partial charge in [0.05, 0.1) is 0 Å². The first kappa shape index (κ1) is 18.8. The molecule has 1 atom stereocenters. The van der Waals surface area contributed by atoms with E-state index >= 15 is 0 Å². The van der Waals surface area contributed by atoms with Crippen LogP contribution in [0.3, 0.4) is 0 Å². The molecule has 1 unspecified atom stereocenters. The SMILES string of the molecule is O=C(CCl)NC(Cc1c[nH]c2cc(OCc3ccccc3)ccc12)C(=O)O. The normalized spacial score (nSPS) is 11.9. The van der Waals surface area contributed by atoms with Crippen LogP contribution in [0.5, 0.6) is 5.75 Å². The van der Waals surface area contributed by atoms with E-state index in [0.29, 0.717) is 12.4 Å². The highest BCUT2D eigenvalue weighted by Crippen LogP contribution is 2.25. The average Bonchev–Trinajstić information content (AvgIpc) is 3.08. The van der Waals surface area contributed by atoms with Crippen molar-refractivity contribution in [2.75, 3.05) is 5.88 Å². The highest BCUT2D eigenvalue weighted by Gasteiger charge is 2.21. The van der Waals surface area contributed by atoms with Crippen LogP contribution in [0.1, 0.15) is 11.1 Å². The third kappa shape index (κ3) is 4.80. The van der Waals surface area contributed by atoms with Crippen LogP contribution < -0.4 is 10.1 Å². The van der Waals surface area contributed by atoms with Crippen molar-refractivity contribution in [3.8, 4) is 5.75 Å². The molecule has 3 aromatic rings. The standard InChI is InChI=1S/C20H19ClN2O4/c21-10-19(24)23-18(20(25)26)8-14-11-22-17-9-15(6-7-16(14)17)27-12-13-4-2-1-3-5-13/h1-7,9,11,18,22H,8,10,12H2,(H,23,24)(H,25,26). The van der Waals surface area contributed by atoms with Crippen LogP contribution in [0.25, 0.3) is 10.9 Å². The Hall–Kier alpha value is -2.99. The summed E-state index contributed by atoms with van der Waals surface area (Å²) in [6.45, 7) is 0.464. The van der Waals surface area contributed by atoms with E-state index in [1.54, 1.807) is 6.20 Å². The minimum Gasteiger partial charge on any atom is -0.489 e. The number of hydrogen-bond donors (Lipinski definition) is 3. The fourth-order valence-electron chi connectivity index (χ4n) is 2.82. The Morgan fingerprint density at radius 3 is 2.67 bits per heavy atom. The van der Waals surface area contributed by atoms with E-state index in [1.807, 2.05) is 48.5 Å². The molecule has 1 aromatic heterocycles. The minimum atomic E-state index is -1.11. The second kappa shape index (κ2) is 8.60. The quantitative estimate of drug-likeness (QED) is 0.519. The number of nitrogens with one attached hydrogen (secondary N) is 2. The summed E-state index contributed by atoms with van der Waals surface area (Å²) in [7, 11) is 0. The molecule has 0 saturated carbocycles. The zero-order chi connectivity index (χ0) is 19.2. The lowest BCUT2D eigenvalue weighted by Crippen LogP contribution is -2.42. The van der Waals surface area contributed by atoms with E-state index in [0.717, 1.165) is 22.0 Å². The van der Waals surface area contributed by atoms with Crippen LogP contribution in [0, 0.1) is 0 Å². The van der Waals surface area contributed by atoms with Crippen molar-refractivity contribution in [3.63, 3.8) is 0 Å². The first-order valence-corrected chi connectivity index (χ1v) is 8.95. The predicted molar refractivity (Wildman–Crippen MR) is 103 cm³/mol.